The molecule has 3 nitrogen and oxygen atoms in total. The van der Waals surface area contributed by atoms with Crippen LogP contribution < -0.4 is 0 Å². The molecule has 0 spiro atoms. The van der Waals surface area contributed by atoms with E-state index < -0.39 is 12.0 Å². The predicted octanol–water partition coefficient (Wildman–Crippen LogP) is 0.926. The topological polar surface area (TPSA) is 38.0 Å². The van der Waals surface area contributed by atoms with E-state index in [1.165, 1.54) is 7.06 Å². The highest BCUT2D eigenvalue weighted by atomic mass is 79.9. The predicted molar refractivity (Wildman–Crippen MR) is 124 cm³/mol. The maximum absolute atomic E-state index is 11.0. The Balaban J connectivity index is 0.000000321. The molecule has 0 aliphatic carbocycles. The quantitative estimate of drug-likeness (QED) is 0.654. The van der Waals surface area contributed by atoms with Crippen molar-refractivity contribution in [3.05, 3.63) is 64.7 Å². The normalized spacial score (nSPS) is 12.6. The van der Waals surface area contributed by atoms with Gasteiger partial charge in [0.15, 0.2) is 0 Å². The van der Waals surface area contributed by atoms with Crippen LogP contribution in [0.3, 0.4) is 0 Å². The van der Waals surface area contributed by atoms with E-state index in [4.69, 9.17) is 30.9 Å². The molecule has 1 unspecified atom stereocenters. The molecule has 0 saturated carbocycles. The lowest BCUT2D eigenvalue weighted by Gasteiger charge is -2.23. The Hall–Kier alpha value is -1.20. The molecule has 1 N–H and O–H groups in total. The Bertz CT molecular complexity index is 903. The molecular weight excluding hydrogens is 392 g/mol. The Kier molecular flexibility index (Phi) is 7.64. The first-order chi connectivity index (χ1) is 12.7. The summed E-state index contributed by atoms with van der Waals surface area (Å²) in [6.07, 6.45) is 2.62. The minimum absolute atomic E-state index is 0.389. The van der Waals surface area contributed by atoms with Crippen LogP contribution in [0.4, 0.5) is 0 Å². The molecule has 1 aromatic heterocycles. The van der Waals surface area contributed by atoms with Crippen LogP contribution in [-0.4, -0.2) is 65.4 Å². The maximum atomic E-state index is 11.0. The van der Waals surface area contributed by atoms with E-state index in [9.17, 15) is 5.11 Å². The summed E-state index contributed by atoms with van der Waals surface area (Å²) >= 11 is 3.49. The summed E-state index contributed by atoms with van der Waals surface area (Å²) in [7, 11) is 23.5. The van der Waals surface area contributed by atoms with E-state index in [2.05, 4.69) is 20.9 Å². The minimum atomic E-state index is -1.12. The number of aromatic nitrogens is 2. The zero-order valence-corrected chi connectivity index (χ0v) is 17.0. The van der Waals surface area contributed by atoms with E-state index in [1.54, 1.807) is 13.3 Å². The summed E-state index contributed by atoms with van der Waals surface area (Å²) in [4.78, 5) is 4.29. The third-order valence-electron chi connectivity index (χ3n) is 4.24. The second kappa shape index (κ2) is 9.33. The van der Waals surface area contributed by atoms with Gasteiger partial charge in [0.05, 0.1) is 12.0 Å². The van der Waals surface area contributed by atoms with Crippen LogP contribution >= 0.6 is 15.9 Å². The summed E-state index contributed by atoms with van der Waals surface area (Å²) in [6.45, 7) is 1.78. The molecule has 0 amide bonds. The van der Waals surface area contributed by atoms with E-state index in [0.29, 0.717) is 5.69 Å². The van der Waals surface area contributed by atoms with Gasteiger partial charge in [-0.3, -0.25) is 0 Å². The zero-order chi connectivity index (χ0) is 20.2. The fourth-order valence-corrected chi connectivity index (χ4v) is 2.96. The minimum Gasteiger partial charge on any atom is -0.379 e. The Morgan fingerprint density at radius 1 is 1.22 bits per heavy atom. The summed E-state index contributed by atoms with van der Waals surface area (Å²) in [5.41, 5.74) is 0.379. The number of hydrogen-bond donors (Lipinski definition) is 1. The standard InChI is InChI=1S/C16H15BrN2O.B7/c1-16(20,15-9-19(2)10-18-15)14-5-3-4-11-6-7-12(17)8-13(11)14;1-5-7(4)6(2)3/h3-10,20H,1-2H3;. The molecule has 3 aromatic rings. The fourth-order valence-electron chi connectivity index (χ4n) is 2.60. The number of aliphatic hydroxyl groups is 1. The highest BCUT2D eigenvalue weighted by Gasteiger charge is 2.29. The van der Waals surface area contributed by atoms with Crippen molar-refractivity contribution in [2.24, 2.45) is 7.05 Å². The van der Waals surface area contributed by atoms with Crippen molar-refractivity contribution in [2.45, 2.75) is 12.5 Å². The van der Waals surface area contributed by atoms with Gasteiger partial charge in [-0.2, -0.15) is 0 Å². The highest BCUT2D eigenvalue weighted by Crippen LogP contribution is 2.34. The fraction of sp³-hybridized carbons (Fsp3) is 0.188. The molecule has 11 heteroatoms. The number of hydrogen-bond acceptors (Lipinski definition) is 2. The average Bonchev–Trinajstić information content (AvgIpc) is 3.08. The molecule has 27 heavy (non-hydrogen) atoms. The molecule has 1 atom stereocenters. The van der Waals surface area contributed by atoms with Gasteiger partial charge < -0.3 is 9.67 Å². The van der Waals surface area contributed by atoms with Gasteiger partial charge in [0.25, 0.3) is 0 Å². The van der Waals surface area contributed by atoms with Gasteiger partial charge >= 0.3 is 0 Å². The SMILES string of the molecule is Cn1cnc(C(C)(O)c2cccc3ccc(Br)cc23)c1.[B][B]B([B])B([B])[B]. The van der Waals surface area contributed by atoms with Crippen molar-refractivity contribution >= 4 is 77.5 Å². The molecule has 123 valence electrons. The molecule has 9 radical (unpaired) electrons. The second-order valence-electron chi connectivity index (χ2n) is 6.51. The highest BCUT2D eigenvalue weighted by molar-refractivity contribution is 9.10. The summed E-state index contributed by atoms with van der Waals surface area (Å²) in [5.74, 6) is 0. The number of nitrogens with zero attached hydrogens (tertiary/aromatic N) is 2. The van der Waals surface area contributed by atoms with Crippen molar-refractivity contribution in [1.29, 1.82) is 0 Å². The molecule has 0 fully saturated rings. The lowest BCUT2D eigenvalue weighted by Crippen LogP contribution is -2.43. The first-order valence-electron chi connectivity index (χ1n) is 8.38. The number of benzene rings is 2. The van der Waals surface area contributed by atoms with Crippen LogP contribution in [0.25, 0.3) is 10.8 Å². The molecule has 0 saturated heterocycles. The van der Waals surface area contributed by atoms with Crippen LogP contribution in [0.5, 0.6) is 0 Å². The molecule has 1 heterocycles. The Labute approximate surface area is 176 Å². The van der Waals surface area contributed by atoms with E-state index in [0.717, 1.165) is 20.8 Å². The Morgan fingerprint density at radius 2 is 1.93 bits per heavy atom. The molecule has 2 aromatic carbocycles. The lowest BCUT2D eigenvalue weighted by atomic mass is 8.76. The number of halogens is 1. The van der Waals surface area contributed by atoms with Gasteiger partial charge in [-0.05, 0) is 35.4 Å². The van der Waals surface area contributed by atoms with Gasteiger partial charge in [0, 0.05) is 68.5 Å². The molecule has 0 aliphatic rings. The number of imidazole rings is 1. The average molecular weight is 407 g/mol. The van der Waals surface area contributed by atoms with Crippen molar-refractivity contribution in [1.82, 2.24) is 9.55 Å². The van der Waals surface area contributed by atoms with Gasteiger partial charge in [-0.25, -0.2) is 4.98 Å². The molecule has 0 bridgehead atoms. The maximum Gasteiger partial charge on any atom is 0.131 e. The molecular formula is C16H15B7BrN2O. The van der Waals surface area contributed by atoms with Crippen LogP contribution in [0.15, 0.2) is 53.4 Å². The second-order valence-corrected chi connectivity index (χ2v) is 7.43. The zero-order valence-electron chi connectivity index (χ0n) is 15.4. The van der Waals surface area contributed by atoms with Crippen molar-refractivity contribution in [3.8, 4) is 0 Å². The van der Waals surface area contributed by atoms with Gasteiger partial charge in [-0.15, -0.1) is 0 Å². The smallest absolute Gasteiger partial charge is 0.131 e. The number of aryl methyl sites for hydroxylation is 1. The Morgan fingerprint density at radius 3 is 2.44 bits per heavy atom. The third-order valence-corrected chi connectivity index (χ3v) is 4.73. The van der Waals surface area contributed by atoms with Gasteiger partial charge in [0.2, 0.25) is 0 Å². The monoisotopic (exact) mass is 407 g/mol. The van der Waals surface area contributed by atoms with E-state index in [-0.39, 0.29) is 6.39 Å². The van der Waals surface area contributed by atoms with E-state index in [1.807, 2.05) is 54.2 Å². The van der Waals surface area contributed by atoms with Gasteiger partial charge in [0.1, 0.15) is 5.60 Å². The first-order valence-corrected chi connectivity index (χ1v) is 9.17. The van der Waals surface area contributed by atoms with Gasteiger partial charge in [-0.1, -0.05) is 40.2 Å². The van der Waals surface area contributed by atoms with Crippen LogP contribution in [0.1, 0.15) is 18.2 Å². The number of fused-ring (bicyclic) bond motifs is 1. The van der Waals surface area contributed by atoms with E-state index >= 15 is 0 Å². The van der Waals surface area contributed by atoms with Crippen molar-refractivity contribution < 1.29 is 5.11 Å². The summed E-state index contributed by atoms with van der Waals surface area (Å²) in [5, 5.41) is 13.1. The van der Waals surface area contributed by atoms with Crippen LogP contribution in [-0.2, 0) is 12.6 Å². The molecule has 0 aliphatic heterocycles. The number of rotatable bonds is 4. The van der Waals surface area contributed by atoms with Crippen LogP contribution in [0.2, 0.25) is 0 Å². The van der Waals surface area contributed by atoms with Crippen molar-refractivity contribution in [3.63, 3.8) is 0 Å². The van der Waals surface area contributed by atoms with Crippen molar-refractivity contribution in [2.75, 3.05) is 0 Å². The largest absolute Gasteiger partial charge is 0.379 e. The summed E-state index contributed by atoms with van der Waals surface area (Å²) < 4.78 is 2.83. The molecule has 3 rings (SSSR count). The first kappa shape index (κ1) is 22.1. The third kappa shape index (κ3) is 5.42. The summed E-state index contributed by atoms with van der Waals surface area (Å²) in [6, 6.07) is 12.0. The lowest BCUT2D eigenvalue weighted by molar-refractivity contribution is 0.0994. The van der Waals surface area contributed by atoms with Crippen LogP contribution in [0, 0.1) is 0 Å².